The number of carbonyl (C=O) groups excluding carboxylic acids is 2. The van der Waals surface area contributed by atoms with Gasteiger partial charge in [0.2, 0.25) is 5.91 Å². The standard InChI is InChI=1S/C21H20F3N3O5S/c1-3-16(29)32-14(10-31-2)18-12(9-15(28)26-20-25-7-8-33-20)19(30)11-5-4-6-13(17(11)27-18)21(22,23)24/h4-8,14H,3,9-10H2,1-2H3,(H,27,30)(H,25,26,28). The average Bonchev–Trinajstić information content (AvgIpc) is 3.27. The van der Waals surface area contributed by atoms with Crippen LogP contribution in [0, 0.1) is 0 Å². The van der Waals surface area contributed by atoms with Crippen LogP contribution in [0.3, 0.4) is 0 Å². The molecule has 33 heavy (non-hydrogen) atoms. The van der Waals surface area contributed by atoms with Gasteiger partial charge in [0.25, 0.3) is 0 Å². The first-order valence-electron chi connectivity index (χ1n) is 9.78. The Kier molecular flexibility index (Phi) is 7.49. The molecule has 0 aliphatic carbocycles. The van der Waals surface area contributed by atoms with Crippen molar-refractivity contribution in [2.24, 2.45) is 0 Å². The van der Waals surface area contributed by atoms with Gasteiger partial charge < -0.3 is 19.8 Å². The number of ether oxygens (including phenoxy) is 2. The van der Waals surface area contributed by atoms with Gasteiger partial charge in [0.15, 0.2) is 16.7 Å². The van der Waals surface area contributed by atoms with Crippen LogP contribution in [0.2, 0.25) is 0 Å². The lowest BCUT2D eigenvalue weighted by atomic mass is 9.99. The van der Waals surface area contributed by atoms with E-state index in [1.54, 1.807) is 12.3 Å². The van der Waals surface area contributed by atoms with Crippen molar-refractivity contribution in [1.82, 2.24) is 9.97 Å². The number of para-hydroxylation sites is 1. The second-order valence-electron chi connectivity index (χ2n) is 6.92. The molecule has 12 heteroatoms. The van der Waals surface area contributed by atoms with Crippen molar-refractivity contribution in [2.45, 2.75) is 32.0 Å². The van der Waals surface area contributed by atoms with Crippen LogP contribution in [0.5, 0.6) is 0 Å². The van der Waals surface area contributed by atoms with Crippen LogP contribution in [0.15, 0.2) is 34.6 Å². The topological polar surface area (TPSA) is 110 Å². The minimum absolute atomic E-state index is 0.00824. The Labute approximate surface area is 189 Å². The number of hydrogen-bond donors (Lipinski definition) is 2. The Morgan fingerprint density at radius 2 is 2.06 bits per heavy atom. The van der Waals surface area contributed by atoms with Crippen molar-refractivity contribution >= 4 is 39.2 Å². The zero-order chi connectivity index (χ0) is 24.2. The lowest BCUT2D eigenvalue weighted by molar-refractivity contribution is -0.152. The van der Waals surface area contributed by atoms with Gasteiger partial charge in [-0.15, -0.1) is 11.3 Å². The summed E-state index contributed by atoms with van der Waals surface area (Å²) in [7, 11) is 1.31. The van der Waals surface area contributed by atoms with Gasteiger partial charge in [-0.2, -0.15) is 13.2 Å². The highest BCUT2D eigenvalue weighted by Gasteiger charge is 2.34. The van der Waals surface area contributed by atoms with E-state index in [0.29, 0.717) is 5.13 Å². The van der Waals surface area contributed by atoms with Gasteiger partial charge in [0.05, 0.1) is 29.8 Å². The number of esters is 1. The molecule has 3 rings (SSSR count). The van der Waals surface area contributed by atoms with E-state index >= 15 is 0 Å². The average molecular weight is 483 g/mol. The maximum absolute atomic E-state index is 13.6. The summed E-state index contributed by atoms with van der Waals surface area (Å²) < 4.78 is 51.2. The number of methoxy groups -OCH3 is 1. The van der Waals surface area contributed by atoms with E-state index in [4.69, 9.17) is 9.47 Å². The Morgan fingerprint density at radius 3 is 2.67 bits per heavy atom. The van der Waals surface area contributed by atoms with Crippen LogP contribution < -0.4 is 10.7 Å². The summed E-state index contributed by atoms with van der Waals surface area (Å²) in [5.41, 5.74) is -2.59. The molecular weight excluding hydrogens is 463 g/mol. The highest BCUT2D eigenvalue weighted by molar-refractivity contribution is 7.13. The number of rotatable bonds is 8. The van der Waals surface area contributed by atoms with Crippen LogP contribution in [-0.2, 0) is 31.7 Å². The monoisotopic (exact) mass is 483 g/mol. The molecule has 2 N–H and O–H groups in total. The molecule has 0 aliphatic rings. The maximum Gasteiger partial charge on any atom is 0.418 e. The number of amides is 1. The number of pyridine rings is 1. The molecule has 1 atom stereocenters. The molecule has 0 saturated heterocycles. The SMILES string of the molecule is CCC(=O)OC(COC)c1[nH]c2c(C(F)(F)F)cccc2c(=O)c1CC(=O)Nc1nccs1. The molecule has 1 aromatic carbocycles. The predicted molar refractivity (Wildman–Crippen MR) is 115 cm³/mol. The number of fused-ring (bicyclic) bond motifs is 1. The molecule has 0 aliphatic heterocycles. The number of aromatic amines is 1. The van der Waals surface area contributed by atoms with Gasteiger partial charge in [-0.1, -0.05) is 13.0 Å². The zero-order valence-corrected chi connectivity index (χ0v) is 18.4. The van der Waals surface area contributed by atoms with Crippen LogP contribution in [0.1, 0.15) is 36.3 Å². The first-order valence-corrected chi connectivity index (χ1v) is 10.7. The van der Waals surface area contributed by atoms with Crippen molar-refractivity contribution in [1.29, 1.82) is 0 Å². The Morgan fingerprint density at radius 1 is 1.30 bits per heavy atom. The van der Waals surface area contributed by atoms with E-state index in [-0.39, 0.29) is 29.7 Å². The van der Waals surface area contributed by atoms with Crippen molar-refractivity contribution in [3.63, 3.8) is 0 Å². The Hall–Kier alpha value is -3.25. The van der Waals surface area contributed by atoms with E-state index in [1.807, 2.05) is 0 Å². The van der Waals surface area contributed by atoms with E-state index < -0.39 is 47.1 Å². The number of thiazole rings is 1. The van der Waals surface area contributed by atoms with Gasteiger partial charge >= 0.3 is 12.1 Å². The minimum atomic E-state index is -4.75. The Balaban J connectivity index is 2.19. The van der Waals surface area contributed by atoms with Crippen molar-refractivity contribution in [2.75, 3.05) is 19.0 Å². The highest BCUT2D eigenvalue weighted by atomic mass is 32.1. The highest BCUT2D eigenvalue weighted by Crippen LogP contribution is 2.34. The second-order valence-corrected chi connectivity index (χ2v) is 7.82. The fourth-order valence-corrected chi connectivity index (χ4v) is 3.78. The third kappa shape index (κ3) is 5.57. The molecule has 1 unspecified atom stereocenters. The van der Waals surface area contributed by atoms with E-state index in [9.17, 15) is 27.6 Å². The summed E-state index contributed by atoms with van der Waals surface area (Å²) in [5, 5.41) is 4.22. The molecule has 176 valence electrons. The first kappa shape index (κ1) is 24.4. The summed E-state index contributed by atoms with van der Waals surface area (Å²) in [4.78, 5) is 44.4. The largest absolute Gasteiger partial charge is 0.453 e. The van der Waals surface area contributed by atoms with Crippen LogP contribution in [0.25, 0.3) is 10.9 Å². The molecule has 3 aromatic rings. The molecule has 0 saturated carbocycles. The number of hydrogen-bond acceptors (Lipinski definition) is 7. The fraction of sp³-hybridized carbons (Fsp3) is 0.333. The number of anilines is 1. The molecule has 8 nitrogen and oxygen atoms in total. The number of carbonyl (C=O) groups is 2. The summed E-state index contributed by atoms with van der Waals surface area (Å²) in [5.74, 6) is -1.26. The lowest BCUT2D eigenvalue weighted by Crippen LogP contribution is -2.27. The van der Waals surface area contributed by atoms with Crippen LogP contribution >= 0.6 is 11.3 Å². The number of halogens is 3. The second kappa shape index (κ2) is 10.1. The summed E-state index contributed by atoms with van der Waals surface area (Å²) in [6, 6.07) is 3.18. The number of H-pyrrole nitrogens is 1. The molecule has 0 fully saturated rings. The molecular formula is C21H20F3N3O5S. The van der Waals surface area contributed by atoms with Gasteiger partial charge in [0, 0.05) is 36.1 Å². The zero-order valence-electron chi connectivity index (χ0n) is 17.6. The molecule has 0 spiro atoms. The normalized spacial score (nSPS) is 12.5. The Bertz CT molecular complexity index is 1210. The van der Waals surface area contributed by atoms with Crippen molar-refractivity contribution in [3.8, 4) is 0 Å². The number of nitrogens with zero attached hydrogens (tertiary/aromatic N) is 1. The van der Waals surface area contributed by atoms with E-state index in [0.717, 1.165) is 23.5 Å². The third-order valence-corrected chi connectivity index (χ3v) is 5.38. The van der Waals surface area contributed by atoms with Gasteiger partial charge in [0.1, 0.15) is 0 Å². The minimum Gasteiger partial charge on any atom is -0.453 e. The van der Waals surface area contributed by atoms with Crippen LogP contribution in [-0.4, -0.2) is 35.6 Å². The number of aromatic nitrogens is 2. The lowest BCUT2D eigenvalue weighted by Gasteiger charge is -2.21. The van der Waals surface area contributed by atoms with Gasteiger partial charge in [-0.25, -0.2) is 4.98 Å². The van der Waals surface area contributed by atoms with Crippen LogP contribution in [0.4, 0.5) is 18.3 Å². The first-order chi connectivity index (χ1) is 15.7. The molecule has 1 amide bonds. The third-order valence-electron chi connectivity index (χ3n) is 4.69. The molecule has 0 radical (unpaired) electrons. The number of nitrogens with one attached hydrogen (secondary N) is 2. The quantitative estimate of drug-likeness (QED) is 0.472. The van der Waals surface area contributed by atoms with E-state index in [2.05, 4.69) is 15.3 Å². The molecule has 0 bridgehead atoms. The summed E-state index contributed by atoms with van der Waals surface area (Å²) >= 11 is 1.16. The van der Waals surface area contributed by atoms with Gasteiger partial charge in [-0.3, -0.25) is 14.4 Å². The predicted octanol–water partition coefficient (Wildman–Crippen LogP) is 3.83. The van der Waals surface area contributed by atoms with Crippen molar-refractivity contribution < 1.29 is 32.2 Å². The van der Waals surface area contributed by atoms with E-state index in [1.165, 1.54) is 19.4 Å². The van der Waals surface area contributed by atoms with Crippen molar-refractivity contribution in [3.05, 3.63) is 56.8 Å². The number of alkyl halides is 3. The molecule has 2 heterocycles. The maximum atomic E-state index is 13.6. The molecule has 2 aromatic heterocycles. The van der Waals surface area contributed by atoms with Gasteiger partial charge in [-0.05, 0) is 12.1 Å². The summed E-state index contributed by atoms with van der Waals surface area (Å²) in [6.07, 6.45) is -5.00. The fourth-order valence-electron chi connectivity index (χ4n) is 3.24. The number of benzene rings is 1. The smallest absolute Gasteiger partial charge is 0.418 e. The summed E-state index contributed by atoms with van der Waals surface area (Å²) in [6.45, 7) is 1.29.